The molecule has 2 aliphatic rings. The minimum Gasteiger partial charge on any atom is -0.508 e. The van der Waals surface area contributed by atoms with E-state index in [2.05, 4.69) is 16.0 Å². The molecule has 0 radical (unpaired) electrons. The van der Waals surface area contributed by atoms with Gasteiger partial charge in [-0.1, -0.05) is 6.08 Å². The summed E-state index contributed by atoms with van der Waals surface area (Å²) in [6.45, 7) is 3.81. The zero-order valence-corrected chi connectivity index (χ0v) is 9.72. The lowest BCUT2D eigenvalue weighted by atomic mass is 10.0. The third kappa shape index (κ3) is 1.64. The van der Waals surface area contributed by atoms with Gasteiger partial charge in [-0.3, -0.25) is 4.99 Å². The second kappa shape index (κ2) is 3.77. The van der Waals surface area contributed by atoms with Gasteiger partial charge in [0.25, 0.3) is 0 Å². The number of hydrogen-bond acceptors (Lipinski definition) is 3. The van der Waals surface area contributed by atoms with Gasteiger partial charge >= 0.3 is 0 Å². The Morgan fingerprint density at radius 1 is 1.35 bits per heavy atom. The first-order chi connectivity index (χ1) is 8.25. The molecule has 0 saturated heterocycles. The van der Waals surface area contributed by atoms with Crippen LogP contribution >= 0.6 is 0 Å². The molecule has 0 bridgehead atoms. The average molecular weight is 226 g/mol. The Morgan fingerprint density at radius 3 is 3.06 bits per heavy atom. The molecule has 0 aliphatic carbocycles. The summed E-state index contributed by atoms with van der Waals surface area (Å²) in [7, 11) is 0. The van der Waals surface area contributed by atoms with E-state index < -0.39 is 0 Å². The standard InChI is InChI=1S/C14H14N2O/c1-10-9-11(17)5-6-12(10)13-3-2-4-14-15-7-8-16(13)14/h2-6,9,17H,7-8H2,1H3. The van der Waals surface area contributed by atoms with Crippen LogP contribution in [-0.2, 0) is 0 Å². The van der Waals surface area contributed by atoms with Crippen molar-refractivity contribution in [1.82, 2.24) is 4.90 Å². The average Bonchev–Trinajstić information content (AvgIpc) is 2.77. The Morgan fingerprint density at radius 2 is 2.24 bits per heavy atom. The first kappa shape index (κ1) is 10.1. The highest BCUT2D eigenvalue weighted by molar-refractivity contribution is 6.02. The molecule has 0 atom stereocenters. The predicted molar refractivity (Wildman–Crippen MR) is 69.0 cm³/mol. The Bertz CT molecular complexity index is 555. The van der Waals surface area contributed by atoms with Gasteiger partial charge in [-0.25, -0.2) is 0 Å². The highest BCUT2D eigenvalue weighted by Crippen LogP contribution is 2.29. The SMILES string of the molecule is Cc1cc(O)ccc1C1=CC=CC2=NCCN12. The maximum absolute atomic E-state index is 9.45. The summed E-state index contributed by atoms with van der Waals surface area (Å²) in [5.41, 5.74) is 3.40. The zero-order chi connectivity index (χ0) is 11.8. The number of hydrogen-bond donors (Lipinski definition) is 1. The van der Waals surface area contributed by atoms with Crippen LogP contribution in [-0.4, -0.2) is 28.9 Å². The van der Waals surface area contributed by atoms with Crippen molar-refractivity contribution in [3.63, 3.8) is 0 Å². The molecule has 3 heteroatoms. The van der Waals surface area contributed by atoms with Crippen molar-refractivity contribution in [2.45, 2.75) is 6.92 Å². The molecule has 0 spiro atoms. The fraction of sp³-hybridized carbons (Fsp3) is 0.214. The van der Waals surface area contributed by atoms with E-state index in [0.29, 0.717) is 5.75 Å². The predicted octanol–water partition coefficient (Wildman–Crippen LogP) is 2.33. The van der Waals surface area contributed by atoms with E-state index in [4.69, 9.17) is 0 Å². The highest BCUT2D eigenvalue weighted by Gasteiger charge is 2.22. The van der Waals surface area contributed by atoms with Crippen molar-refractivity contribution in [3.8, 4) is 5.75 Å². The monoisotopic (exact) mass is 226 g/mol. The molecule has 2 aliphatic heterocycles. The van der Waals surface area contributed by atoms with Crippen LogP contribution in [0.3, 0.4) is 0 Å². The number of benzene rings is 1. The summed E-state index contributed by atoms with van der Waals surface area (Å²) in [5, 5.41) is 9.45. The minimum atomic E-state index is 0.313. The number of nitrogens with zero attached hydrogens (tertiary/aromatic N) is 2. The van der Waals surface area contributed by atoms with Gasteiger partial charge in [0.15, 0.2) is 0 Å². The first-order valence-corrected chi connectivity index (χ1v) is 5.76. The number of fused-ring (bicyclic) bond motifs is 1. The molecule has 1 N–H and O–H groups in total. The van der Waals surface area contributed by atoms with Crippen LogP contribution in [0, 0.1) is 6.92 Å². The highest BCUT2D eigenvalue weighted by atomic mass is 16.3. The number of aliphatic imine (C=N–C) groups is 1. The Hall–Kier alpha value is -2.03. The largest absolute Gasteiger partial charge is 0.508 e. The molecule has 0 amide bonds. The van der Waals surface area contributed by atoms with E-state index in [-0.39, 0.29) is 0 Å². The summed E-state index contributed by atoms with van der Waals surface area (Å²) >= 11 is 0. The molecule has 0 saturated carbocycles. The lowest BCUT2D eigenvalue weighted by Crippen LogP contribution is -2.26. The van der Waals surface area contributed by atoms with Gasteiger partial charge in [-0.15, -0.1) is 0 Å². The topological polar surface area (TPSA) is 35.8 Å². The molecule has 1 aromatic carbocycles. The maximum Gasteiger partial charge on any atom is 0.128 e. The van der Waals surface area contributed by atoms with Gasteiger partial charge in [0.05, 0.1) is 6.54 Å². The van der Waals surface area contributed by atoms with Crippen LogP contribution in [0.25, 0.3) is 5.70 Å². The quantitative estimate of drug-likeness (QED) is 0.797. The van der Waals surface area contributed by atoms with Crippen LogP contribution in [0.2, 0.25) is 0 Å². The van der Waals surface area contributed by atoms with Crippen molar-refractivity contribution >= 4 is 11.5 Å². The van der Waals surface area contributed by atoms with Gasteiger partial charge in [-0.2, -0.15) is 0 Å². The second-order valence-corrected chi connectivity index (χ2v) is 4.30. The molecule has 1 aromatic rings. The normalized spacial score (nSPS) is 17.8. The van der Waals surface area contributed by atoms with E-state index in [0.717, 1.165) is 30.1 Å². The van der Waals surface area contributed by atoms with Crippen LogP contribution in [0.1, 0.15) is 11.1 Å². The fourth-order valence-electron chi connectivity index (χ4n) is 2.34. The molecule has 0 unspecified atom stereocenters. The summed E-state index contributed by atoms with van der Waals surface area (Å²) < 4.78 is 0. The van der Waals surface area contributed by atoms with Gasteiger partial charge in [0.2, 0.25) is 0 Å². The van der Waals surface area contributed by atoms with E-state index >= 15 is 0 Å². The molecule has 0 fully saturated rings. The van der Waals surface area contributed by atoms with E-state index in [1.807, 2.05) is 25.1 Å². The number of phenolic OH excluding ortho intramolecular Hbond substituents is 1. The van der Waals surface area contributed by atoms with E-state index in [1.165, 1.54) is 5.70 Å². The van der Waals surface area contributed by atoms with E-state index in [1.54, 1.807) is 12.1 Å². The Kier molecular flexibility index (Phi) is 2.25. The number of phenols is 1. The fourth-order valence-corrected chi connectivity index (χ4v) is 2.34. The van der Waals surface area contributed by atoms with Gasteiger partial charge in [-0.05, 0) is 42.8 Å². The first-order valence-electron chi connectivity index (χ1n) is 5.76. The van der Waals surface area contributed by atoms with Gasteiger partial charge in [0, 0.05) is 17.8 Å². The Labute approximate surface area is 100 Å². The summed E-state index contributed by atoms with van der Waals surface area (Å²) in [6, 6.07) is 5.49. The Balaban J connectivity index is 2.07. The van der Waals surface area contributed by atoms with Crippen LogP contribution in [0.5, 0.6) is 5.75 Å². The van der Waals surface area contributed by atoms with Crippen molar-refractivity contribution in [1.29, 1.82) is 0 Å². The molecule has 2 heterocycles. The lowest BCUT2D eigenvalue weighted by Gasteiger charge is -2.25. The van der Waals surface area contributed by atoms with Gasteiger partial charge < -0.3 is 10.0 Å². The summed E-state index contributed by atoms with van der Waals surface area (Å²) in [6.07, 6.45) is 6.16. The second-order valence-electron chi connectivity index (χ2n) is 4.30. The number of amidine groups is 1. The van der Waals surface area contributed by atoms with Crippen LogP contribution in [0.15, 0.2) is 41.4 Å². The minimum absolute atomic E-state index is 0.313. The smallest absolute Gasteiger partial charge is 0.128 e. The van der Waals surface area contributed by atoms with Gasteiger partial charge in [0.1, 0.15) is 11.6 Å². The third-order valence-corrected chi connectivity index (χ3v) is 3.15. The maximum atomic E-state index is 9.45. The van der Waals surface area contributed by atoms with Crippen molar-refractivity contribution in [2.75, 3.05) is 13.1 Å². The lowest BCUT2D eigenvalue weighted by molar-refractivity contribution is 0.474. The number of allylic oxidation sites excluding steroid dienone is 2. The van der Waals surface area contributed by atoms with Crippen molar-refractivity contribution in [2.24, 2.45) is 4.99 Å². The molecule has 3 nitrogen and oxygen atoms in total. The van der Waals surface area contributed by atoms with Crippen molar-refractivity contribution < 1.29 is 5.11 Å². The number of aromatic hydroxyl groups is 1. The summed E-state index contributed by atoms with van der Waals surface area (Å²) in [4.78, 5) is 6.67. The number of aryl methyl sites for hydroxylation is 1. The zero-order valence-electron chi connectivity index (χ0n) is 9.72. The molecule has 86 valence electrons. The van der Waals surface area contributed by atoms with Crippen LogP contribution in [0.4, 0.5) is 0 Å². The van der Waals surface area contributed by atoms with E-state index in [9.17, 15) is 5.11 Å². The van der Waals surface area contributed by atoms with Crippen molar-refractivity contribution in [3.05, 3.63) is 47.6 Å². The molecule has 0 aromatic heterocycles. The number of rotatable bonds is 1. The molecular formula is C14H14N2O. The molecular weight excluding hydrogens is 212 g/mol. The molecule has 3 rings (SSSR count). The summed E-state index contributed by atoms with van der Waals surface area (Å²) in [5.74, 6) is 1.35. The van der Waals surface area contributed by atoms with Crippen LogP contribution < -0.4 is 0 Å². The molecule has 17 heavy (non-hydrogen) atoms. The third-order valence-electron chi connectivity index (χ3n) is 3.15.